The van der Waals surface area contributed by atoms with Crippen molar-refractivity contribution in [3.63, 3.8) is 0 Å². The molecule has 5 aromatic rings. The monoisotopic (exact) mass is 516 g/mol. The number of aromatic nitrogens is 4. The molecular formula is C27H22ClFN6O2. The fourth-order valence-corrected chi connectivity index (χ4v) is 5.26. The number of fused-ring (bicyclic) bond motifs is 2. The Morgan fingerprint density at radius 2 is 2.00 bits per heavy atom. The molecule has 1 aliphatic heterocycles. The zero-order valence-corrected chi connectivity index (χ0v) is 20.3. The van der Waals surface area contributed by atoms with Crippen LogP contribution >= 0.6 is 11.6 Å². The molecule has 8 nitrogen and oxygen atoms in total. The average molecular weight is 517 g/mol. The Hall–Kier alpha value is -4.24. The minimum atomic E-state index is -0.506. The maximum Gasteiger partial charge on any atom is 0.287 e. The summed E-state index contributed by atoms with van der Waals surface area (Å²) in [6.45, 7) is 0.791. The number of carbonyl (C=O) groups is 2. The van der Waals surface area contributed by atoms with Crippen molar-refractivity contribution in [1.82, 2.24) is 29.6 Å². The number of pyridine rings is 1. The molecule has 1 fully saturated rings. The third kappa shape index (κ3) is 4.31. The van der Waals surface area contributed by atoms with Gasteiger partial charge in [-0.25, -0.2) is 14.4 Å². The molecule has 37 heavy (non-hydrogen) atoms. The van der Waals surface area contributed by atoms with E-state index in [0.717, 1.165) is 5.56 Å². The molecule has 0 saturated carbocycles. The number of para-hydroxylation sites is 1. The molecule has 2 aromatic carbocycles. The van der Waals surface area contributed by atoms with Gasteiger partial charge in [0.1, 0.15) is 5.52 Å². The number of H-pyrrole nitrogens is 1. The summed E-state index contributed by atoms with van der Waals surface area (Å²) in [5.41, 5.74) is 2.77. The lowest BCUT2D eigenvalue weighted by molar-refractivity contribution is 0.0655. The van der Waals surface area contributed by atoms with Crippen molar-refractivity contribution in [2.24, 2.45) is 0 Å². The molecule has 1 aliphatic rings. The Kier molecular flexibility index (Phi) is 5.84. The van der Waals surface area contributed by atoms with Gasteiger partial charge < -0.3 is 19.6 Å². The Bertz CT molecular complexity index is 1650. The maximum atomic E-state index is 14.2. The highest BCUT2D eigenvalue weighted by Gasteiger charge is 2.35. The molecular weight excluding hydrogens is 495 g/mol. The number of imidazole rings is 2. The van der Waals surface area contributed by atoms with E-state index < -0.39 is 17.8 Å². The Morgan fingerprint density at radius 3 is 2.84 bits per heavy atom. The lowest BCUT2D eigenvalue weighted by atomic mass is 9.85. The zero-order valence-electron chi connectivity index (χ0n) is 19.6. The van der Waals surface area contributed by atoms with E-state index in [1.54, 1.807) is 52.2 Å². The molecule has 0 spiro atoms. The van der Waals surface area contributed by atoms with Crippen LogP contribution in [0.5, 0.6) is 0 Å². The molecule has 6 rings (SSSR count). The minimum absolute atomic E-state index is 0.0115. The highest BCUT2D eigenvalue weighted by atomic mass is 35.5. The molecule has 0 aliphatic carbocycles. The summed E-state index contributed by atoms with van der Waals surface area (Å²) in [4.78, 5) is 39.8. The number of carbonyl (C=O) groups excluding carboxylic acids is 2. The van der Waals surface area contributed by atoms with Crippen LogP contribution in [0.15, 0.2) is 73.3 Å². The van der Waals surface area contributed by atoms with Gasteiger partial charge in [0, 0.05) is 30.2 Å². The van der Waals surface area contributed by atoms with Crippen molar-refractivity contribution in [2.75, 3.05) is 13.1 Å². The molecule has 3 aromatic heterocycles. The van der Waals surface area contributed by atoms with Crippen LogP contribution in [0, 0.1) is 5.82 Å². The summed E-state index contributed by atoms with van der Waals surface area (Å²) in [6, 6.07) is 15.2. The smallest absolute Gasteiger partial charge is 0.287 e. The first-order valence-corrected chi connectivity index (χ1v) is 12.3. The van der Waals surface area contributed by atoms with E-state index in [1.807, 2.05) is 24.4 Å². The highest BCUT2D eigenvalue weighted by Crippen LogP contribution is 2.31. The first-order valence-electron chi connectivity index (χ1n) is 11.9. The molecule has 2 N–H and O–H groups in total. The second kappa shape index (κ2) is 9.33. The van der Waals surface area contributed by atoms with Gasteiger partial charge in [-0.3, -0.25) is 9.59 Å². The topological polar surface area (TPSA) is 95.4 Å². The van der Waals surface area contributed by atoms with E-state index in [0.29, 0.717) is 34.6 Å². The van der Waals surface area contributed by atoms with Gasteiger partial charge in [0.15, 0.2) is 11.6 Å². The molecule has 0 radical (unpaired) electrons. The number of benzene rings is 2. The maximum absolute atomic E-state index is 14.2. The van der Waals surface area contributed by atoms with E-state index in [2.05, 4.69) is 20.3 Å². The van der Waals surface area contributed by atoms with Crippen molar-refractivity contribution in [3.05, 3.63) is 101 Å². The number of piperidine rings is 1. The van der Waals surface area contributed by atoms with Gasteiger partial charge in [0.25, 0.3) is 11.8 Å². The second-order valence-corrected chi connectivity index (χ2v) is 9.55. The van der Waals surface area contributed by atoms with Gasteiger partial charge in [-0.05, 0) is 48.4 Å². The van der Waals surface area contributed by atoms with Crippen LogP contribution < -0.4 is 5.32 Å². The first-order chi connectivity index (χ1) is 18.0. The normalized spacial score (nSPS) is 17.8. The summed E-state index contributed by atoms with van der Waals surface area (Å²) in [6.07, 6.45) is 5.76. The fraction of sp³-hybridized carbons (Fsp3) is 0.185. The van der Waals surface area contributed by atoms with Crippen molar-refractivity contribution in [3.8, 4) is 0 Å². The van der Waals surface area contributed by atoms with E-state index in [9.17, 15) is 14.0 Å². The van der Waals surface area contributed by atoms with Gasteiger partial charge >= 0.3 is 0 Å². The van der Waals surface area contributed by atoms with Crippen LogP contribution in [-0.2, 0) is 0 Å². The van der Waals surface area contributed by atoms with Crippen LogP contribution in [0.4, 0.5) is 4.39 Å². The number of nitrogens with zero attached hydrogens (tertiary/aromatic N) is 4. The minimum Gasteiger partial charge on any atom is -0.344 e. The van der Waals surface area contributed by atoms with Gasteiger partial charge in [0.2, 0.25) is 0 Å². The number of amides is 2. The van der Waals surface area contributed by atoms with Gasteiger partial charge in [-0.2, -0.15) is 0 Å². The van der Waals surface area contributed by atoms with Gasteiger partial charge in [-0.1, -0.05) is 29.8 Å². The van der Waals surface area contributed by atoms with Crippen molar-refractivity contribution in [2.45, 2.75) is 18.4 Å². The molecule has 4 heterocycles. The number of aromatic amines is 1. The summed E-state index contributed by atoms with van der Waals surface area (Å²) in [5, 5.41) is 3.64. The number of rotatable bonds is 4. The third-order valence-electron chi connectivity index (χ3n) is 6.85. The Balaban J connectivity index is 1.30. The fourth-order valence-electron chi connectivity index (χ4n) is 5.06. The van der Waals surface area contributed by atoms with E-state index >= 15 is 0 Å². The molecule has 1 saturated heterocycles. The van der Waals surface area contributed by atoms with Crippen LogP contribution in [0.25, 0.3) is 16.6 Å². The number of halogens is 2. The Labute approximate surface area is 216 Å². The number of nitrogens with one attached hydrogen (secondary N) is 2. The van der Waals surface area contributed by atoms with Crippen LogP contribution in [0.2, 0.25) is 5.02 Å². The summed E-state index contributed by atoms with van der Waals surface area (Å²) in [5.74, 6) is -1.19. The largest absolute Gasteiger partial charge is 0.344 e. The van der Waals surface area contributed by atoms with Crippen molar-refractivity contribution < 1.29 is 14.0 Å². The second-order valence-electron chi connectivity index (χ2n) is 9.11. The Morgan fingerprint density at radius 1 is 1.14 bits per heavy atom. The number of likely N-dealkylation sites (tertiary alicyclic amines) is 1. The first kappa shape index (κ1) is 23.2. The quantitative estimate of drug-likeness (QED) is 0.369. The molecule has 186 valence electrons. The predicted molar refractivity (Wildman–Crippen MR) is 137 cm³/mol. The van der Waals surface area contributed by atoms with Crippen LogP contribution in [0.3, 0.4) is 0 Å². The lowest BCUT2D eigenvalue weighted by Gasteiger charge is -2.39. The van der Waals surface area contributed by atoms with Crippen molar-refractivity contribution in [1.29, 1.82) is 0 Å². The van der Waals surface area contributed by atoms with E-state index in [1.165, 1.54) is 6.07 Å². The predicted octanol–water partition coefficient (Wildman–Crippen LogP) is 4.43. The summed E-state index contributed by atoms with van der Waals surface area (Å²) < 4.78 is 16.0. The molecule has 10 heteroatoms. The molecule has 0 bridgehead atoms. The van der Waals surface area contributed by atoms with Crippen LogP contribution in [-0.4, -0.2) is 55.2 Å². The molecule has 2 amide bonds. The number of hydrogen-bond donors (Lipinski definition) is 2. The average Bonchev–Trinajstić information content (AvgIpc) is 3.56. The third-order valence-corrected chi connectivity index (χ3v) is 7.09. The van der Waals surface area contributed by atoms with Gasteiger partial charge in [0.05, 0.1) is 35.2 Å². The lowest BCUT2D eigenvalue weighted by Crippen LogP contribution is -2.53. The molecule has 0 unspecified atom stereocenters. The van der Waals surface area contributed by atoms with E-state index in [-0.39, 0.29) is 29.7 Å². The molecule has 2 atom stereocenters. The summed E-state index contributed by atoms with van der Waals surface area (Å²) in [7, 11) is 0. The summed E-state index contributed by atoms with van der Waals surface area (Å²) >= 11 is 6.27. The highest BCUT2D eigenvalue weighted by molar-refractivity contribution is 6.30. The standard InChI is InChI=1S/C27H22ClFN6O2/c28-17-5-1-4-16(12-17)18-9-11-34(27(37)19-6-3-10-35-15-30-13-23(19)35)14-22(18)32-26(36)25-31-21-8-2-7-20(29)24(21)33-25/h1-8,10,12-13,15,18,22H,9,11,14H2,(H,31,33)(H,32,36)/t18-,22+/m0/s1. The van der Waals surface area contributed by atoms with Crippen LogP contribution in [0.1, 0.15) is 38.9 Å². The van der Waals surface area contributed by atoms with Crippen molar-refractivity contribution >= 4 is 40.0 Å². The number of hydrogen-bond acceptors (Lipinski definition) is 4. The van der Waals surface area contributed by atoms with E-state index in [4.69, 9.17) is 11.6 Å². The van der Waals surface area contributed by atoms with Gasteiger partial charge in [-0.15, -0.1) is 0 Å². The zero-order chi connectivity index (χ0) is 25.5. The SMILES string of the molecule is O=C(N[C@@H]1CN(C(=O)c2cccn3cncc23)CC[C@H]1c1cccc(Cl)c1)c1nc2c(F)cccc2[nH]1.